The van der Waals surface area contributed by atoms with E-state index in [1.807, 2.05) is 0 Å². The minimum atomic E-state index is -0.179. The standard InChI is InChI=1S/C13H18N2O3/c16-11-7-10(8-12(17)9-11)14-13(18)15-5-3-1-2-4-6-15/h7-9,16-17H,1-6H2,(H,14,18). The summed E-state index contributed by atoms with van der Waals surface area (Å²) in [6.07, 6.45) is 4.38. The van der Waals surface area contributed by atoms with Gasteiger partial charge in [0.15, 0.2) is 0 Å². The summed E-state index contributed by atoms with van der Waals surface area (Å²) in [6, 6.07) is 3.87. The summed E-state index contributed by atoms with van der Waals surface area (Å²) in [4.78, 5) is 13.8. The molecule has 1 aromatic rings. The van der Waals surface area contributed by atoms with Crippen LogP contribution in [0.2, 0.25) is 0 Å². The summed E-state index contributed by atoms with van der Waals surface area (Å²) < 4.78 is 0. The van der Waals surface area contributed by atoms with Crippen LogP contribution < -0.4 is 5.32 Å². The SMILES string of the molecule is O=C(Nc1cc(O)cc(O)c1)N1CCCCCC1. The lowest BCUT2D eigenvalue weighted by molar-refractivity contribution is 0.214. The lowest BCUT2D eigenvalue weighted by Crippen LogP contribution is -2.35. The summed E-state index contributed by atoms with van der Waals surface area (Å²) in [5.41, 5.74) is 0.404. The number of likely N-dealkylation sites (tertiary alicyclic amines) is 1. The van der Waals surface area contributed by atoms with Crippen LogP contribution in [-0.4, -0.2) is 34.2 Å². The van der Waals surface area contributed by atoms with Crippen LogP contribution in [0.15, 0.2) is 18.2 Å². The molecule has 1 fully saturated rings. The van der Waals surface area contributed by atoms with Gasteiger partial charge in [0.25, 0.3) is 0 Å². The van der Waals surface area contributed by atoms with Gasteiger partial charge in [-0.05, 0) is 12.8 Å². The quantitative estimate of drug-likeness (QED) is 0.717. The average molecular weight is 250 g/mol. The number of aromatic hydroxyl groups is 2. The molecular formula is C13H18N2O3. The third kappa shape index (κ3) is 3.29. The van der Waals surface area contributed by atoms with Crippen molar-refractivity contribution in [2.75, 3.05) is 18.4 Å². The summed E-state index contributed by atoms with van der Waals surface area (Å²) in [7, 11) is 0. The number of nitrogens with zero attached hydrogens (tertiary/aromatic N) is 1. The summed E-state index contributed by atoms with van der Waals surface area (Å²) in [5.74, 6) is -0.137. The van der Waals surface area contributed by atoms with Crippen LogP contribution in [0.25, 0.3) is 0 Å². The highest BCUT2D eigenvalue weighted by molar-refractivity contribution is 5.89. The Kier molecular flexibility index (Phi) is 3.92. The molecule has 1 saturated heterocycles. The first-order valence-electron chi connectivity index (χ1n) is 6.24. The van der Waals surface area contributed by atoms with Crippen molar-refractivity contribution in [3.8, 4) is 11.5 Å². The Morgan fingerprint density at radius 3 is 2.11 bits per heavy atom. The Morgan fingerprint density at radius 2 is 1.56 bits per heavy atom. The molecule has 0 aliphatic carbocycles. The van der Waals surface area contributed by atoms with E-state index in [4.69, 9.17) is 0 Å². The van der Waals surface area contributed by atoms with E-state index in [0.29, 0.717) is 5.69 Å². The first-order chi connectivity index (χ1) is 8.65. The van der Waals surface area contributed by atoms with Crippen LogP contribution in [0.4, 0.5) is 10.5 Å². The second kappa shape index (κ2) is 5.62. The zero-order valence-electron chi connectivity index (χ0n) is 10.2. The normalized spacial score (nSPS) is 16.1. The summed E-state index contributed by atoms with van der Waals surface area (Å²) >= 11 is 0. The lowest BCUT2D eigenvalue weighted by atomic mass is 10.2. The van der Waals surface area contributed by atoms with Crippen LogP contribution in [-0.2, 0) is 0 Å². The molecule has 0 saturated carbocycles. The largest absolute Gasteiger partial charge is 0.508 e. The van der Waals surface area contributed by atoms with Crippen molar-refractivity contribution < 1.29 is 15.0 Å². The molecule has 3 N–H and O–H groups in total. The molecule has 2 amide bonds. The Bertz CT molecular complexity index is 406. The fraction of sp³-hybridized carbons (Fsp3) is 0.462. The fourth-order valence-electron chi connectivity index (χ4n) is 2.14. The molecule has 0 bridgehead atoms. The molecule has 5 nitrogen and oxygen atoms in total. The Balaban J connectivity index is 2.01. The maximum atomic E-state index is 12.0. The van der Waals surface area contributed by atoms with E-state index >= 15 is 0 Å². The average Bonchev–Trinajstić information content (AvgIpc) is 2.55. The van der Waals surface area contributed by atoms with Crippen molar-refractivity contribution in [2.24, 2.45) is 0 Å². The first-order valence-corrected chi connectivity index (χ1v) is 6.24. The van der Waals surface area contributed by atoms with Gasteiger partial charge < -0.3 is 20.4 Å². The molecule has 1 aromatic carbocycles. The molecule has 1 heterocycles. The van der Waals surface area contributed by atoms with E-state index < -0.39 is 0 Å². The van der Waals surface area contributed by atoms with Crippen molar-refractivity contribution in [1.82, 2.24) is 4.90 Å². The second-order valence-corrected chi connectivity index (χ2v) is 4.57. The maximum Gasteiger partial charge on any atom is 0.321 e. The number of hydrogen-bond donors (Lipinski definition) is 3. The minimum Gasteiger partial charge on any atom is -0.508 e. The smallest absolute Gasteiger partial charge is 0.321 e. The van der Waals surface area contributed by atoms with Crippen molar-refractivity contribution in [1.29, 1.82) is 0 Å². The van der Waals surface area contributed by atoms with E-state index in [-0.39, 0.29) is 17.5 Å². The highest BCUT2D eigenvalue weighted by Crippen LogP contribution is 2.24. The molecule has 5 heteroatoms. The zero-order chi connectivity index (χ0) is 13.0. The van der Waals surface area contributed by atoms with Gasteiger partial charge in [-0.2, -0.15) is 0 Å². The van der Waals surface area contributed by atoms with Gasteiger partial charge in [-0.1, -0.05) is 12.8 Å². The van der Waals surface area contributed by atoms with Crippen molar-refractivity contribution in [3.05, 3.63) is 18.2 Å². The third-order valence-corrected chi connectivity index (χ3v) is 3.05. The van der Waals surface area contributed by atoms with Gasteiger partial charge in [-0.25, -0.2) is 4.79 Å². The highest BCUT2D eigenvalue weighted by Gasteiger charge is 2.15. The molecule has 1 aliphatic heterocycles. The van der Waals surface area contributed by atoms with Crippen LogP contribution in [0.5, 0.6) is 11.5 Å². The molecular weight excluding hydrogens is 232 g/mol. The zero-order valence-corrected chi connectivity index (χ0v) is 10.2. The number of phenols is 2. The number of phenolic OH excluding ortho intramolecular Hbond substituents is 2. The number of carbonyl (C=O) groups is 1. The second-order valence-electron chi connectivity index (χ2n) is 4.57. The number of hydrogen-bond acceptors (Lipinski definition) is 3. The van der Waals surface area contributed by atoms with Gasteiger partial charge in [0, 0.05) is 37.0 Å². The van der Waals surface area contributed by atoms with Crippen molar-refractivity contribution in [2.45, 2.75) is 25.7 Å². The molecule has 1 aliphatic rings. The predicted octanol–water partition coefficient (Wildman–Crippen LogP) is 2.51. The van der Waals surface area contributed by atoms with Crippen LogP contribution in [0.3, 0.4) is 0 Å². The number of amides is 2. The Hall–Kier alpha value is -1.91. The van der Waals surface area contributed by atoms with Crippen LogP contribution >= 0.6 is 0 Å². The maximum absolute atomic E-state index is 12.0. The Labute approximate surface area is 106 Å². The number of carbonyl (C=O) groups excluding carboxylic acids is 1. The van der Waals surface area contributed by atoms with E-state index in [2.05, 4.69) is 5.32 Å². The van der Waals surface area contributed by atoms with Gasteiger partial charge in [0.2, 0.25) is 0 Å². The lowest BCUT2D eigenvalue weighted by Gasteiger charge is -2.20. The van der Waals surface area contributed by atoms with Crippen molar-refractivity contribution >= 4 is 11.7 Å². The monoisotopic (exact) mass is 250 g/mol. The predicted molar refractivity (Wildman–Crippen MR) is 68.8 cm³/mol. The number of anilines is 1. The number of nitrogens with one attached hydrogen (secondary N) is 1. The molecule has 0 unspecified atom stereocenters. The summed E-state index contributed by atoms with van der Waals surface area (Å²) in [6.45, 7) is 1.52. The molecule has 18 heavy (non-hydrogen) atoms. The van der Waals surface area contributed by atoms with Crippen LogP contribution in [0, 0.1) is 0 Å². The molecule has 0 aromatic heterocycles. The molecule has 2 rings (SSSR count). The summed E-state index contributed by atoms with van der Waals surface area (Å²) in [5, 5.41) is 21.4. The van der Waals surface area contributed by atoms with Gasteiger partial charge in [0.1, 0.15) is 11.5 Å². The number of rotatable bonds is 1. The van der Waals surface area contributed by atoms with E-state index in [0.717, 1.165) is 38.8 Å². The van der Waals surface area contributed by atoms with Gasteiger partial charge in [-0.15, -0.1) is 0 Å². The highest BCUT2D eigenvalue weighted by atomic mass is 16.3. The number of urea groups is 1. The van der Waals surface area contributed by atoms with E-state index in [1.54, 1.807) is 4.90 Å². The minimum absolute atomic E-state index is 0.0684. The first kappa shape index (κ1) is 12.5. The van der Waals surface area contributed by atoms with Gasteiger partial charge >= 0.3 is 6.03 Å². The van der Waals surface area contributed by atoms with E-state index in [1.165, 1.54) is 18.2 Å². The van der Waals surface area contributed by atoms with E-state index in [9.17, 15) is 15.0 Å². The number of benzene rings is 1. The molecule has 0 spiro atoms. The third-order valence-electron chi connectivity index (χ3n) is 3.05. The van der Waals surface area contributed by atoms with Crippen molar-refractivity contribution in [3.63, 3.8) is 0 Å². The molecule has 98 valence electrons. The van der Waals surface area contributed by atoms with Gasteiger partial charge in [-0.3, -0.25) is 0 Å². The van der Waals surface area contributed by atoms with Crippen LogP contribution in [0.1, 0.15) is 25.7 Å². The molecule has 0 atom stereocenters. The molecule has 0 radical (unpaired) electrons. The van der Waals surface area contributed by atoms with Gasteiger partial charge in [0.05, 0.1) is 0 Å². The topological polar surface area (TPSA) is 72.8 Å². The Morgan fingerprint density at radius 1 is 1.00 bits per heavy atom. The fourth-order valence-corrected chi connectivity index (χ4v) is 2.14.